The lowest BCUT2D eigenvalue weighted by molar-refractivity contribution is -0.138. The van der Waals surface area contributed by atoms with Crippen LogP contribution in [0.2, 0.25) is 0 Å². The van der Waals surface area contributed by atoms with E-state index in [9.17, 15) is 22.8 Å². The number of rotatable bonds is 4. The Kier molecular flexibility index (Phi) is 7.43. The second-order valence-electron chi connectivity index (χ2n) is 8.86. The minimum Gasteiger partial charge on any atom is -0.370 e. The fraction of sp³-hybridized carbons (Fsp3) is 0.222. The predicted octanol–water partition coefficient (Wildman–Crippen LogP) is 4.07. The molecule has 1 aliphatic heterocycles. The van der Waals surface area contributed by atoms with Crippen molar-refractivity contribution >= 4 is 17.8 Å². The number of nitrogens with zero attached hydrogens (tertiary/aromatic N) is 4. The van der Waals surface area contributed by atoms with Gasteiger partial charge in [-0.3, -0.25) is 14.6 Å². The highest BCUT2D eigenvalue weighted by molar-refractivity contribution is 6.02. The van der Waals surface area contributed by atoms with Gasteiger partial charge in [-0.2, -0.15) is 23.4 Å². The van der Waals surface area contributed by atoms with Crippen LogP contribution in [0.15, 0.2) is 65.9 Å². The zero-order chi connectivity index (χ0) is 27.4. The third-order valence-electron chi connectivity index (χ3n) is 6.37. The maximum Gasteiger partial charge on any atom is 0.416 e. The highest BCUT2D eigenvalue weighted by Crippen LogP contribution is 2.39. The van der Waals surface area contributed by atoms with Crippen LogP contribution in [0.1, 0.15) is 56.2 Å². The molecule has 11 heteroatoms. The first-order valence-electron chi connectivity index (χ1n) is 11.7. The van der Waals surface area contributed by atoms with E-state index in [0.29, 0.717) is 29.5 Å². The largest absolute Gasteiger partial charge is 0.416 e. The maximum atomic E-state index is 13.9. The summed E-state index contributed by atoms with van der Waals surface area (Å²) < 4.78 is 41.6. The number of alkyl halides is 3. The van der Waals surface area contributed by atoms with Crippen molar-refractivity contribution in [1.82, 2.24) is 9.88 Å². The Morgan fingerprint density at radius 3 is 2.39 bits per heavy atom. The Bertz CT molecular complexity index is 1450. The summed E-state index contributed by atoms with van der Waals surface area (Å²) in [5, 5.41) is 9.14. The summed E-state index contributed by atoms with van der Waals surface area (Å²) in [7, 11) is 0. The summed E-state index contributed by atoms with van der Waals surface area (Å²) in [6, 6.07) is 14.0. The van der Waals surface area contributed by atoms with Gasteiger partial charge in [0.2, 0.25) is 0 Å². The minimum atomic E-state index is -4.69. The van der Waals surface area contributed by atoms with Gasteiger partial charge in [-0.25, -0.2) is 0 Å². The summed E-state index contributed by atoms with van der Waals surface area (Å²) in [4.78, 5) is 34.3. The lowest BCUT2D eigenvalue weighted by atomic mass is 9.85. The molecule has 0 saturated carbocycles. The Balaban J connectivity index is 1.51. The van der Waals surface area contributed by atoms with Gasteiger partial charge in [0.15, 0.2) is 5.96 Å². The van der Waals surface area contributed by atoms with Gasteiger partial charge in [-0.15, -0.1) is 0 Å². The molecule has 4 N–H and O–H groups in total. The van der Waals surface area contributed by atoms with E-state index in [4.69, 9.17) is 16.7 Å². The predicted molar refractivity (Wildman–Crippen MR) is 134 cm³/mol. The molecule has 2 aromatic carbocycles. The number of nitrogens with two attached hydrogens (primary N) is 2. The van der Waals surface area contributed by atoms with Gasteiger partial charge in [0, 0.05) is 36.6 Å². The number of carbonyl (C=O) groups excluding carboxylic acids is 2. The Labute approximate surface area is 216 Å². The average molecular weight is 521 g/mol. The lowest BCUT2D eigenvalue weighted by Crippen LogP contribution is -2.38. The van der Waals surface area contributed by atoms with Crippen LogP contribution in [0.4, 0.5) is 13.2 Å². The summed E-state index contributed by atoms with van der Waals surface area (Å²) >= 11 is 0. The number of hydrogen-bond acceptors (Lipinski definition) is 4. The number of nitriles is 1. The van der Waals surface area contributed by atoms with Crippen LogP contribution in [0, 0.1) is 11.3 Å². The van der Waals surface area contributed by atoms with E-state index < -0.39 is 29.5 Å². The van der Waals surface area contributed by atoms with Crippen LogP contribution in [-0.4, -0.2) is 40.7 Å². The van der Waals surface area contributed by atoms with Crippen LogP contribution < -0.4 is 11.5 Å². The second kappa shape index (κ2) is 10.7. The lowest BCUT2D eigenvalue weighted by Gasteiger charge is -2.33. The zero-order valence-corrected chi connectivity index (χ0v) is 20.1. The van der Waals surface area contributed by atoms with E-state index in [1.807, 2.05) is 6.07 Å². The van der Waals surface area contributed by atoms with E-state index in [2.05, 4.69) is 16.0 Å². The molecule has 1 aliphatic rings. The molecule has 3 aromatic rings. The number of benzene rings is 2. The molecule has 8 nitrogen and oxygen atoms in total. The molecule has 1 saturated heterocycles. The number of aliphatic imine (C=N–C) groups is 1. The molecule has 4 rings (SSSR count). The SMILES string of the molecule is N#Cc1cccc(-c2cncc(C(=O)N3CCC(c4ccc(C(=O)N=C(N)N)cc4C(F)(F)F)CC3)c2)c1. The Morgan fingerprint density at radius 2 is 1.74 bits per heavy atom. The number of pyridine rings is 1. The molecule has 38 heavy (non-hydrogen) atoms. The third-order valence-corrected chi connectivity index (χ3v) is 6.37. The first kappa shape index (κ1) is 26.3. The number of likely N-dealkylation sites (tertiary alicyclic amines) is 1. The van der Waals surface area contributed by atoms with Gasteiger partial charge in [0.25, 0.3) is 11.8 Å². The zero-order valence-electron chi connectivity index (χ0n) is 20.1. The van der Waals surface area contributed by atoms with E-state index in [1.165, 1.54) is 18.3 Å². The highest BCUT2D eigenvalue weighted by Gasteiger charge is 2.37. The van der Waals surface area contributed by atoms with Gasteiger partial charge in [0.05, 0.1) is 22.8 Å². The molecular weight excluding hydrogens is 497 g/mol. The van der Waals surface area contributed by atoms with E-state index in [-0.39, 0.29) is 30.1 Å². The second-order valence-corrected chi connectivity index (χ2v) is 8.86. The number of carbonyl (C=O) groups is 2. The van der Waals surface area contributed by atoms with E-state index in [1.54, 1.807) is 35.4 Å². The van der Waals surface area contributed by atoms with E-state index in [0.717, 1.165) is 11.6 Å². The fourth-order valence-electron chi connectivity index (χ4n) is 4.53. The standard InChI is InChI=1S/C27H23F3N6O2/c28-27(29,30)23-12-19(24(37)35-26(32)33)4-5-22(23)17-6-8-36(9-7-17)25(38)21-11-20(14-34-15-21)18-3-1-2-16(10-18)13-31/h1-5,10-12,14-15,17H,6-9H2,(H4,32,33,35,37). The Morgan fingerprint density at radius 1 is 1.00 bits per heavy atom. The molecule has 2 amide bonds. The molecule has 0 atom stereocenters. The summed E-state index contributed by atoms with van der Waals surface area (Å²) in [6.45, 7) is 0.507. The van der Waals surface area contributed by atoms with Gasteiger partial charge >= 0.3 is 6.18 Å². The van der Waals surface area contributed by atoms with Crippen LogP contribution in [0.5, 0.6) is 0 Å². The van der Waals surface area contributed by atoms with Crippen molar-refractivity contribution in [2.24, 2.45) is 16.5 Å². The topological polar surface area (TPSA) is 138 Å². The molecule has 2 heterocycles. The maximum absolute atomic E-state index is 13.9. The summed E-state index contributed by atoms with van der Waals surface area (Å²) in [5.74, 6) is -2.23. The molecular formula is C27H23F3N6O2. The molecule has 0 spiro atoms. The normalized spacial score (nSPS) is 14.0. The first-order chi connectivity index (χ1) is 18.1. The van der Waals surface area contributed by atoms with Gasteiger partial charge in [-0.05, 0) is 60.2 Å². The number of guanidine groups is 1. The van der Waals surface area contributed by atoms with Crippen molar-refractivity contribution in [2.75, 3.05) is 13.1 Å². The van der Waals surface area contributed by atoms with Crippen molar-refractivity contribution in [3.8, 4) is 17.2 Å². The van der Waals surface area contributed by atoms with Crippen molar-refractivity contribution in [3.05, 3.63) is 88.7 Å². The molecule has 194 valence electrons. The molecule has 1 fully saturated rings. The molecule has 0 unspecified atom stereocenters. The summed E-state index contributed by atoms with van der Waals surface area (Å²) in [6.07, 6.45) is -1.02. The number of amides is 2. The van der Waals surface area contributed by atoms with Crippen molar-refractivity contribution in [1.29, 1.82) is 5.26 Å². The van der Waals surface area contributed by atoms with Gasteiger partial charge < -0.3 is 16.4 Å². The van der Waals surface area contributed by atoms with E-state index >= 15 is 0 Å². The summed E-state index contributed by atoms with van der Waals surface area (Å²) in [5.41, 5.74) is 11.5. The molecule has 1 aromatic heterocycles. The van der Waals surface area contributed by atoms with Gasteiger partial charge in [-0.1, -0.05) is 18.2 Å². The van der Waals surface area contributed by atoms with Crippen LogP contribution in [-0.2, 0) is 6.18 Å². The van der Waals surface area contributed by atoms with Crippen molar-refractivity contribution in [3.63, 3.8) is 0 Å². The molecule has 0 radical (unpaired) electrons. The average Bonchev–Trinajstić information content (AvgIpc) is 2.91. The van der Waals surface area contributed by atoms with Crippen LogP contribution in [0.25, 0.3) is 11.1 Å². The fourth-order valence-corrected chi connectivity index (χ4v) is 4.53. The quantitative estimate of drug-likeness (QED) is 0.393. The monoisotopic (exact) mass is 520 g/mol. The smallest absolute Gasteiger partial charge is 0.370 e. The number of aromatic nitrogens is 1. The van der Waals surface area contributed by atoms with Crippen molar-refractivity contribution < 1.29 is 22.8 Å². The van der Waals surface area contributed by atoms with Crippen molar-refractivity contribution in [2.45, 2.75) is 24.9 Å². The van der Waals surface area contributed by atoms with Crippen LogP contribution >= 0.6 is 0 Å². The van der Waals surface area contributed by atoms with Crippen LogP contribution in [0.3, 0.4) is 0 Å². The third kappa shape index (κ3) is 5.81. The van der Waals surface area contributed by atoms with Gasteiger partial charge in [0.1, 0.15) is 0 Å². The number of halogens is 3. The molecule has 0 aliphatic carbocycles. The highest BCUT2D eigenvalue weighted by atomic mass is 19.4. The minimum absolute atomic E-state index is 0.0619. The first-order valence-corrected chi connectivity index (χ1v) is 11.7. The number of piperidine rings is 1. The Hall–Kier alpha value is -4.72. The number of hydrogen-bond donors (Lipinski definition) is 2. The molecule has 0 bridgehead atoms.